The molecule has 2 rings (SSSR count). The van der Waals surface area contributed by atoms with Gasteiger partial charge in [0.15, 0.2) is 0 Å². The first-order valence-electron chi connectivity index (χ1n) is 8.31. The summed E-state index contributed by atoms with van der Waals surface area (Å²) in [6.45, 7) is 12.9. The van der Waals surface area contributed by atoms with Gasteiger partial charge in [-0.1, -0.05) is 26.7 Å². The number of aryl methyl sites for hydroxylation is 1. The van der Waals surface area contributed by atoms with Gasteiger partial charge in [0.05, 0.1) is 13.2 Å². The fourth-order valence-electron chi connectivity index (χ4n) is 3.25. The standard InChI is InChI=1S/C17H30N2OS/c1-4-15(5-2)16(19-7-9-20-10-8-19)12-18-13-17-14(3)6-11-21-17/h6,11,15-16,18H,4-5,7-10,12-13H2,1-3H3/t16-/m0/s1. The third-order valence-electron chi connectivity index (χ3n) is 4.71. The number of morpholine rings is 1. The molecule has 1 aromatic rings. The first kappa shape index (κ1) is 16.9. The summed E-state index contributed by atoms with van der Waals surface area (Å²) in [5.74, 6) is 0.778. The van der Waals surface area contributed by atoms with Gasteiger partial charge in [0, 0.05) is 37.1 Å². The minimum Gasteiger partial charge on any atom is -0.379 e. The summed E-state index contributed by atoms with van der Waals surface area (Å²) in [5.41, 5.74) is 1.41. The molecule has 1 aliphatic heterocycles. The quantitative estimate of drug-likeness (QED) is 0.797. The van der Waals surface area contributed by atoms with E-state index in [-0.39, 0.29) is 0 Å². The zero-order valence-corrected chi connectivity index (χ0v) is 14.5. The van der Waals surface area contributed by atoms with Gasteiger partial charge in [-0.25, -0.2) is 0 Å². The van der Waals surface area contributed by atoms with Crippen molar-refractivity contribution in [3.63, 3.8) is 0 Å². The highest BCUT2D eigenvalue weighted by Gasteiger charge is 2.26. The highest BCUT2D eigenvalue weighted by atomic mass is 32.1. The molecule has 0 saturated carbocycles. The number of nitrogens with zero attached hydrogens (tertiary/aromatic N) is 1. The number of hydrogen-bond donors (Lipinski definition) is 1. The molecule has 1 aromatic heterocycles. The van der Waals surface area contributed by atoms with Crippen molar-refractivity contribution in [2.45, 2.75) is 46.2 Å². The van der Waals surface area contributed by atoms with Crippen LogP contribution in [0.3, 0.4) is 0 Å². The zero-order chi connectivity index (χ0) is 15.1. The Hall–Kier alpha value is -0.420. The van der Waals surface area contributed by atoms with E-state index in [1.165, 1.54) is 23.3 Å². The monoisotopic (exact) mass is 310 g/mol. The average Bonchev–Trinajstić information content (AvgIpc) is 2.93. The third-order valence-corrected chi connectivity index (χ3v) is 5.74. The smallest absolute Gasteiger partial charge is 0.0594 e. The van der Waals surface area contributed by atoms with Crippen LogP contribution in [0, 0.1) is 12.8 Å². The number of rotatable bonds is 8. The Bertz CT molecular complexity index is 397. The normalized spacial score (nSPS) is 18.3. The molecule has 0 aliphatic carbocycles. The predicted octanol–water partition coefficient (Wildman–Crippen LogP) is 3.28. The highest BCUT2D eigenvalue weighted by molar-refractivity contribution is 7.10. The van der Waals surface area contributed by atoms with E-state index in [0.717, 1.165) is 45.3 Å². The first-order chi connectivity index (χ1) is 10.3. The Balaban J connectivity index is 1.90. The molecule has 4 heteroatoms. The SMILES string of the molecule is CCC(CC)[C@H](CNCc1sccc1C)N1CCOCC1. The number of nitrogens with one attached hydrogen (secondary N) is 1. The van der Waals surface area contributed by atoms with Gasteiger partial charge < -0.3 is 10.1 Å². The van der Waals surface area contributed by atoms with Crippen LogP contribution < -0.4 is 5.32 Å². The molecule has 1 N–H and O–H groups in total. The molecule has 0 radical (unpaired) electrons. The van der Waals surface area contributed by atoms with Gasteiger partial charge >= 0.3 is 0 Å². The van der Waals surface area contributed by atoms with Crippen molar-refractivity contribution in [3.05, 3.63) is 21.9 Å². The van der Waals surface area contributed by atoms with E-state index in [2.05, 4.69) is 42.4 Å². The Morgan fingerprint density at radius 2 is 2.00 bits per heavy atom. The van der Waals surface area contributed by atoms with E-state index in [0.29, 0.717) is 6.04 Å². The van der Waals surface area contributed by atoms with E-state index in [1.54, 1.807) is 0 Å². The van der Waals surface area contributed by atoms with E-state index in [1.807, 2.05) is 11.3 Å². The van der Waals surface area contributed by atoms with Crippen LogP contribution >= 0.6 is 11.3 Å². The molecule has 0 unspecified atom stereocenters. The number of thiophene rings is 1. The van der Waals surface area contributed by atoms with Crippen LogP contribution in [0.5, 0.6) is 0 Å². The summed E-state index contributed by atoms with van der Waals surface area (Å²) in [6, 6.07) is 2.85. The number of hydrogen-bond acceptors (Lipinski definition) is 4. The molecule has 1 aliphatic rings. The summed E-state index contributed by atoms with van der Waals surface area (Å²) in [6.07, 6.45) is 2.52. The minimum absolute atomic E-state index is 0.643. The van der Waals surface area contributed by atoms with Crippen molar-refractivity contribution in [1.29, 1.82) is 0 Å². The van der Waals surface area contributed by atoms with Gasteiger partial charge in [0.1, 0.15) is 0 Å². The van der Waals surface area contributed by atoms with Crippen molar-refractivity contribution in [1.82, 2.24) is 10.2 Å². The van der Waals surface area contributed by atoms with Gasteiger partial charge in [0.25, 0.3) is 0 Å². The second-order valence-electron chi connectivity index (χ2n) is 5.95. The third kappa shape index (κ3) is 4.78. The maximum absolute atomic E-state index is 5.52. The lowest BCUT2D eigenvalue weighted by molar-refractivity contribution is 0.00162. The van der Waals surface area contributed by atoms with Crippen LogP contribution in [0.15, 0.2) is 11.4 Å². The Kier molecular flexibility index (Phi) is 7.17. The van der Waals surface area contributed by atoms with Gasteiger partial charge in [-0.05, 0) is 29.9 Å². The summed E-state index contributed by atoms with van der Waals surface area (Å²) >= 11 is 1.86. The molecule has 21 heavy (non-hydrogen) atoms. The van der Waals surface area contributed by atoms with Crippen LogP contribution in [-0.4, -0.2) is 43.8 Å². The maximum Gasteiger partial charge on any atom is 0.0594 e. The van der Waals surface area contributed by atoms with Gasteiger partial charge in [-0.15, -0.1) is 11.3 Å². The largest absolute Gasteiger partial charge is 0.379 e. The molecule has 120 valence electrons. The molecule has 3 nitrogen and oxygen atoms in total. The molecule has 0 aromatic carbocycles. The van der Waals surface area contributed by atoms with E-state index >= 15 is 0 Å². The topological polar surface area (TPSA) is 24.5 Å². The van der Waals surface area contributed by atoms with Gasteiger partial charge in [-0.3, -0.25) is 4.90 Å². The first-order valence-corrected chi connectivity index (χ1v) is 9.19. The molecule has 0 amide bonds. The summed E-state index contributed by atoms with van der Waals surface area (Å²) in [5, 5.41) is 5.89. The van der Waals surface area contributed by atoms with Crippen molar-refractivity contribution >= 4 is 11.3 Å². The van der Waals surface area contributed by atoms with Crippen molar-refractivity contribution < 1.29 is 4.74 Å². The maximum atomic E-state index is 5.52. The van der Waals surface area contributed by atoms with Gasteiger partial charge in [-0.2, -0.15) is 0 Å². The van der Waals surface area contributed by atoms with Crippen LogP contribution in [0.25, 0.3) is 0 Å². The molecule has 1 atom stereocenters. The van der Waals surface area contributed by atoms with Crippen LogP contribution in [-0.2, 0) is 11.3 Å². The van der Waals surface area contributed by atoms with Crippen LogP contribution in [0.4, 0.5) is 0 Å². The predicted molar refractivity (Wildman–Crippen MR) is 91.0 cm³/mol. The minimum atomic E-state index is 0.643. The molecular weight excluding hydrogens is 280 g/mol. The van der Waals surface area contributed by atoms with E-state index < -0.39 is 0 Å². The summed E-state index contributed by atoms with van der Waals surface area (Å²) in [7, 11) is 0. The Morgan fingerprint density at radius 1 is 1.29 bits per heavy atom. The Labute approximate surface area is 133 Å². The average molecular weight is 311 g/mol. The molecule has 1 saturated heterocycles. The lowest BCUT2D eigenvalue weighted by atomic mass is 9.92. The fourth-order valence-corrected chi connectivity index (χ4v) is 4.13. The van der Waals surface area contributed by atoms with Crippen molar-refractivity contribution in [3.8, 4) is 0 Å². The molecular formula is C17H30N2OS. The summed E-state index contributed by atoms with van der Waals surface area (Å²) < 4.78 is 5.52. The lowest BCUT2D eigenvalue weighted by Gasteiger charge is -2.39. The van der Waals surface area contributed by atoms with Crippen molar-refractivity contribution in [2.24, 2.45) is 5.92 Å². The Morgan fingerprint density at radius 3 is 2.57 bits per heavy atom. The molecule has 0 spiro atoms. The molecule has 0 bridgehead atoms. The van der Waals surface area contributed by atoms with Crippen LogP contribution in [0.1, 0.15) is 37.1 Å². The number of ether oxygens (including phenoxy) is 1. The molecule has 1 fully saturated rings. The summed E-state index contributed by atoms with van der Waals surface area (Å²) in [4.78, 5) is 4.11. The van der Waals surface area contributed by atoms with Crippen LogP contribution in [0.2, 0.25) is 0 Å². The fraction of sp³-hybridized carbons (Fsp3) is 0.765. The van der Waals surface area contributed by atoms with Gasteiger partial charge in [0.2, 0.25) is 0 Å². The second-order valence-corrected chi connectivity index (χ2v) is 6.95. The molecule has 2 heterocycles. The lowest BCUT2D eigenvalue weighted by Crippen LogP contribution is -2.51. The second kappa shape index (κ2) is 8.89. The van der Waals surface area contributed by atoms with E-state index in [4.69, 9.17) is 4.74 Å². The van der Waals surface area contributed by atoms with E-state index in [9.17, 15) is 0 Å². The zero-order valence-electron chi connectivity index (χ0n) is 13.7. The highest BCUT2D eigenvalue weighted by Crippen LogP contribution is 2.20. The van der Waals surface area contributed by atoms with Crippen molar-refractivity contribution in [2.75, 3.05) is 32.8 Å².